The van der Waals surface area contributed by atoms with E-state index in [0.29, 0.717) is 24.4 Å². The lowest BCUT2D eigenvalue weighted by Crippen LogP contribution is -2.45. The maximum Gasteiger partial charge on any atom is 0.308 e. The van der Waals surface area contributed by atoms with Crippen molar-refractivity contribution in [1.82, 2.24) is 15.1 Å². The standard InChI is InChI=1S/C19H23N3O3/c1-11-6-15(19(24)25)10-22(9-11)18(23)17-8-16(20-21-17)14-5-4-12(2)13(3)7-14/h4-5,7-8,11,15H,6,9-10H2,1-3H3,(H,20,21)(H,24,25). The first-order valence-electron chi connectivity index (χ1n) is 8.50. The number of hydrogen-bond donors (Lipinski definition) is 2. The third kappa shape index (κ3) is 3.57. The number of piperidine rings is 1. The zero-order valence-corrected chi connectivity index (χ0v) is 14.7. The van der Waals surface area contributed by atoms with Crippen molar-refractivity contribution in [2.75, 3.05) is 13.1 Å². The van der Waals surface area contributed by atoms with Crippen LogP contribution in [0.1, 0.15) is 35.0 Å². The molecule has 1 fully saturated rings. The quantitative estimate of drug-likeness (QED) is 0.899. The summed E-state index contributed by atoms with van der Waals surface area (Å²) >= 11 is 0. The number of nitrogens with zero attached hydrogens (tertiary/aromatic N) is 2. The maximum atomic E-state index is 12.7. The number of carbonyl (C=O) groups is 2. The molecule has 2 N–H and O–H groups in total. The van der Waals surface area contributed by atoms with Gasteiger partial charge in [0.2, 0.25) is 0 Å². The van der Waals surface area contributed by atoms with Crippen molar-refractivity contribution in [3.05, 3.63) is 41.1 Å². The first-order valence-corrected chi connectivity index (χ1v) is 8.50. The zero-order chi connectivity index (χ0) is 18.1. The van der Waals surface area contributed by atoms with Crippen LogP contribution < -0.4 is 0 Å². The van der Waals surface area contributed by atoms with Crippen LogP contribution in [0, 0.1) is 25.7 Å². The van der Waals surface area contributed by atoms with E-state index in [-0.39, 0.29) is 18.4 Å². The molecule has 25 heavy (non-hydrogen) atoms. The summed E-state index contributed by atoms with van der Waals surface area (Å²) in [5.74, 6) is -1.37. The zero-order valence-electron chi connectivity index (χ0n) is 14.7. The van der Waals surface area contributed by atoms with Gasteiger partial charge in [-0.05, 0) is 49.4 Å². The van der Waals surface area contributed by atoms with Gasteiger partial charge in [0.05, 0.1) is 11.6 Å². The lowest BCUT2D eigenvalue weighted by atomic mass is 9.90. The molecular weight excluding hydrogens is 318 g/mol. The fraction of sp³-hybridized carbons (Fsp3) is 0.421. The minimum absolute atomic E-state index is 0.168. The molecule has 1 saturated heterocycles. The van der Waals surface area contributed by atoms with Crippen molar-refractivity contribution < 1.29 is 14.7 Å². The van der Waals surface area contributed by atoms with Crippen LogP contribution in [0.15, 0.2) is 24.3 Å². The fourth-order valence-electron chi connectivity index (χ4n) is 3.35. The molecule has 6 nitrogen and oxygen atoms in total. The Bertz CT molecular complexity index is 812. The van der Waals surface area contributed by atoms with E-state index in [1.54, 1.807) is 11.0 Å². The van der Waals surface area contributed by atoms with E-state index in [4.69, 9.17) is 0 Å². The van der Waals surface area contributed by atoms with Crippen molar-refractivity contribution in [2.24, 2.45) is 11.8 Å². The molecule has 2 aromatic rings. The number of benzene rings is 1. The number of carboxylic acids is 1. The Hall–Kier alpha value is -2.63. The molecule has 1 amide bonds. The number of aliphatic carboxylic acids is 1. The molecule has 1 aromatic carbocycles. The summed E-state index contributed by atoms with van der Waals surface area (Å²) in [7, 11) is 0. The smallest absolute Gasteiger partial charge is 0.308 e. The molecule has 0 saturated carbocycles. The summed E-state index contributed by atoms with van der Waals surface area (Å²) in [5.41, 5.74) is 4.44. The van der Waals surface area contributed by atoms with Crippen LogP contribution in [-0.4, -0.2) is 45.2 Å². The molecule has 0 spiro atoms. The molecule has 0 aliphatic carbocycles. The molecule has 132 valence electrons. The molecule has 1 aromatic heterocycles. The Balaban J connectivity index is 1.80. The van der Waals surface area contributed by atoms with Crippen LogP contribution in [0.5, 0.6) is 0 Å². The van der Waals surface area contributed by atoms with E-state index >= 15 is 0 Å². The maximum absolute atomic E-state index is 12.7. The highest BCUT2D eigenvalue weighted by atomic mass is 16.4. The van der Waals surface area contributed by atoms with E-state index in [9.17, 15) is 14.7 Å². The van der Waals surface area contributed by atoms with E-state index in [0.717, 1.165) is 5.56 Å². The first kappa shape index (κ1) is 17.2. The summed E-state index contributed by atoms with van der Waals surface area (Å²) in [6.07, 6.45) is 0.607. The number of aryl methyl sites for hydroxylation is 2. The Morgan fingerprint density at radius 3 is 2.64 bits per heavy atom. The van der Waals surface area contributed by atoms with Crippen LogP contribution >= 0.6 is 0 Å². The van der Waals surface area contributed by atoms with Gasteiger partial charge in [-0.2, -0.15) is 5.10 Å². The molecule has 6 heteroatoms. The molecule has 3 rings (SSSR count). The van der Waals surface area contributed by atoms with Crippen molar-refractivity contribution in [3.63, 3.8) is 0 Å². The second-order valence-electron chi connectivity index (χ2n) is 7.05. The molecule has 1 aliphatic heterocycles. The summed E-state index contributed by atoms with van der Waals surface area (Å²) in [6, 6.07) is 7.80. The Labute approximate surface area is 146 Å². The lowest BCUT2D eigenvalue weighted by Gasteiger charge is -2.34. The van der Waals surface area contributed by atoms with E-state index in [1.807, 2.05) is 32.0 Å². The fourth-order valence-corrected chi connectivity index (χ4v) is 3.35. The highest BCUT2D eigenvalue weighted by molar-refractivity contribution is 5.93. The number of rotatable bonds is 3. The molecule has 1 aliphatic rings. The number of aromatic amines is 1. The predicted octanol–water partition coefficient (Wildman–Crippen LogP) is 2.88. The minimum Gasteiger partial charge on any atom is -0.481 e. The number of carbonyl (C=O) groups excluding carboxylic acids is 1. The molecule has 2 heterocycles. The monoisotopic (exact) mass is 341 g/mol. The summed E-state index contributed by atoms with van der Waals surface area (Å²) in [4.78, 5) is 25.7. The number of nitrogens with one attached hydrogen (secondary N) is 1. The van der Waals surface area contributed by atoms with Crippen LogP contribution in [0.25, 0.3) is 11.3 Å². The minimum atomic E-state index is -0.843. The predicted molar refractivity (Wildman–Crippen MR) is 94.3 cm³/mol. The average molecular weight is 341 g/mol. The van der Waals surface area contributed by atoms with Crippen LogP contribution in [-0.2, 0) is 4.79 Å². The van der Waals surface area contributed by atoms with E-state index in [1.165, 1.54) is 11.1 Å². The summed E-state index contributed by atoms with van der Waals surface area (Å²) in [6.45, 7) is 6.88. The van der Waals surface area contributed by atoms with Gasteiger partial charge in [-0.15, -0.1) is 0 Å². The highest BCUT2D eigenvalue weighted by Gasteiger charge is 2.32. The third-order valence-corrected chi connectivity index (χ3v) is 4.91. The van der Waals surface area contributed by atoms with Gasteiger partial charge in [0.1, 0.15) is 5.69 Å². The van der Waals surface area contributed by atoms with Crippen molar-refractivity contribution in [1.29, 1.82) is 0 Å². The van der Waals surface area contributed by atoms with Gasteiger partial charge < -0.3 is 10.0 Å². The highest BCUT2D eigenvalue weighted by Crippen LogP contribution is 2.25. The molecule has 2 unspecified atom stereocenters. The third-order valence-electron chi connectivity index (χ3n) is 4.91. The number of amides is 1. The molecule has 0 radical (unpaired) electrons. The van der Waals surface area contributed by atoms with Crippen LogP contribution in [0.2, 0.25) is 0 Å². The summed E-state index contributed by atoms with van der Waals surface area (Å²) < 4.78 is 0. The van der Waals surface area contributed by atoms with Gasteiger partial charge >= 0.3 is 5.97 Å². The van der Waals surface area contributed by atoms with Crippen LogP contribution in [0.4, 0.5) is 0 Å². The van der Waals surface area contributed by atoms with Gasteiger partial charge in [0, 0.05) is 18.7 Å². The largest absolute Gasteiger partial charge is 0.481 e. The first-order chi connectivity index (χ1) is 11.8. The number of aromatic nitrogens is 2. The number of H-pyrrole nitrogens is 1. The number of hydrogen-bond acceptors (Lipinski definition) is 3. The Morgan fingerprint density at radius 2 is 1.96 bits per heavy atom. The van der Waals surface area contributed by atoms with Crippen molar-refractivity contribution in [3.8, 4) is 11.3 Å². The molecule has 2 atom stereocenters. The second-order valence-corrected chi connectivity index (χ2v) is 7.05. The van der Waals surface area contributed by atoms with Gasteiger partial charge in [-0.3, -0.25) is 14.7 Å². The topological polar surface area (TPSA) is 86.3 Å². The van der Waals surface area contributed by atoms with Crippen molar-refractivity contribution >= 4 is 11.9 Å². The molecular formula is C19H23N3O3. The second kappa shape index (κ2) is 6.70. The van der Waals surface area contributed by atoms with Crippen LogP contribution in [0.3, 0.4) is 0 Å². The number of likely N-dealkylation sites (tertiary alicyclic amines) is 1. The summed E-state index contributed by atoms with van der Waals surface area (Å²) in [5, 5.41) is 16.3. The Kier molecular flexibility index (Phi) is 4.61. The number of carboxylic acid groups (broad SMARTS) is 1. The van der Waals surface area contributed by atoms with E-state index < -0.39 is 11.9 Å². The molecule has 0 bridgehead atoms. The van der Waals surface area contributed by atoms with Gasteiger partial charge in [0.15, 0.2) is 0 Å². The average Bonchev–Trinajstić information content (AvgIpc) is 3.06. The van der Waals surface area contributed by atoms with Gasteiger partial charge in [-0.1, -0.05) is 19.1 Å². The lowest BCUT2D eigenvalue weighted by molar-refractivity contribution is -0.143. The van der Waals surface area contributed by atoms with Crippen molar-refractivity contribution in [2.45, 2.75) is 27.2 Å². The normalized spacial score (nSPS) is 20.5. The Morgan fingerprint density at radius 1 is 1.20 bits per heavy atom. The van der Waals surface area contributed by atoms with E-state index in [2.05, 4.69) is 17.1 Å². The van der Waals surface area contributed by atoms with Gasteiger partial charge in [-0.25, -0.2) is 0 Å². The SMILES string of the molecule is Cc1ccc(-c2cc(C(=O)N3CC(C)CC(C(=O)O)C3)[nH]n2)cc1C. The van der Waals surface area contributed by atoms with Gasteiger partial charge in [0.25, 0.3) is 5.91 Å².